The molecular weight excluding hydrogens is 387 g/mol. The van der Waals surface area contributed by atoms with Gasteiger partial charge < -0.3 is 9.47 Å². The van der Waals surface area contributed by atoms with Crippen LogP contribution >= 0.6 is 0 Å². The summed E-state index contributed by atoms with van der Waals surface area (Å²) in [6.45, 7) is 5.81. The number of morpholine rings is 1. The minimum Gasteiger partial charge on any atom is -0.476 e. The lowest BCUT2D eigenvalue weighted by molar-refractivity contribution is -0.114. The van der Waals surface area contributed by atoms with Gasteiger partial charge in [-0.25, -0.2) is 9.37 Å². The minimum atomic E-state index is -0.282. The maximum absolute atomic E-state index is 13.3. The molecule has 1 aliphatic heterocycles. The molecule has 0 aliphatic carbocycles. The van der Waals surface area contributed by atoms with Crippen molar-refractivity contribution < 1.29 is 18.7 Å². The van der Waals surface area contributed by atoms with Gasteiger partial charge in [-0.1, -0.05) is 18.2 Å². The standard InChI is InChI=1S/C22H23FN4O3/c1-15(28)24-22-25-20-7-4-17(16-2-5-18(23)6-3-16)14-19(20)21(26-22)30-13-10-27-8-11-29-12-9-27/h2-7,14H,8-13H2,1H3,(H,24,25,26,28). The van der Waals surface area contributed by atoms with E-state index in [4.69, 9.17) is 9.47 Å². The van der Waals surface area contributed by atoms with Crippen molar-refractivity contribution in [3.8, 4) is 17.0 Å². The predicted molar refractivity (Wildman–Crippen MR) is 112 cm³/mol. The molecule has 4 rings (SSSR count). The third kappa shape index (κ3) is 4.90. The van der Waals surface area contributed by atoms with Crippen LogP contribution in [-0.4, -0.2) is 60.2 Å². The zero-order valence-corrected chi connectivity index (χ0v) is 16.7. The molecular formula is C22H23FN4O3. The molecule has 1 saturated heterocycles. The highest BCUT2D eigenvalue weighted by molar-refractivity contribution is 5.92. The number of aromatic nitrogens is 2. The van der Waals surface area contributed by atoms with E-state index in [1.807, 2.05) is 18.2 Å². The van der Waals surface area contributed by atoms with Gasteiger partial charge >= 0.3 is 0 Å². The van der Waals surface area contributed by atoms with E-state index in [0.29, 0.717) is 18.0 Å². The van der Waals surface area contributed by atoms with Crippen molar-refractivity contribution in [1.82, 2.24) is 14.9 Å². The van der Waals surface area contributed by atoms with Crippen molar-refractivity contribution in [3.63, 3.8) is 0 Å². The third-order valence-electron chi connectivity index (χ3n) is 4.88. The first-order chi connectivity index (χ1) is 14.6. The third-order valence-corrected chi connectivity index (χ3v) is 4.88. The average molecular weight is 410 g/mol. The Bertz CT molecular complexity index is 1040. The number of carbonyl (C=O) groups excluding carboxylic acids is 1. The molecule has 0 spiro atoms. The number of amides is 1. The molecule has 0 bridgehead atoms. The van der Waals surface area contributed by atoms with Crippen molar-refractivity contribution in [2.24, 2.45) is 0 Å². The summed E-state index contributed by atoms with van der Waals surface area (Å²) >= 11 is 0. The summed E-state index contributed by atoms with van der Waals surface area (Å²) in [6, 6.07) is 12.0. The molecule has 1 N–H and O–H groups in total. The Morgan fingerprint density at radius 1 is 1.13 bits per heavy atom. The molecule has 7 nitrogen and oxygen atoms in total. The van der Waals surface area contributed by atoms with Gasteiger partial charge in [-0.2, -0.15) is 4.98 Å². The monoisotopic (exact) mass is 410 g/mol. The second kappa shape index (κ2) is 9.15. The zero-order chi connectivity index (χ0) is 20.9. The molecule has 0 saturated carbocycles. The van der Waals surface area contributed by atoms with Crippen LogP contribution in [0.2, 0.25) is 0 Å². The summed E-state index contributed by atoms with van der Waals surface area (Å²) in [5, 5.41) is 3.35. The largest absolute Gasteiger partial charge is 0.476 e. The van der Waals surface area contributed by atoms with Crippen LogP contribution in [0.4, 0.5) is 10.3 Å². The topological polar surface area (TPSA) is 76.6 Å². The molecule has 1 fully saturated rings. The van der Waals surface area contributed by atoms with E-state index in [1.54, 1.807) is 12.1 Å². The van der Waals surface area contributed by atoms with E-state index in [1.165, 1.54) is 19.1 Å². The number of hydrogen-bond donors (Lipinski definition) is 1. The Labute approximate surface area is 173 Å². The van der Waals surface area contributed by atoms with E-state index in [-0.39, 0.29) is 17.7 Å². The van der Waals surface area contributed by atoms with E-state index >= 15 is 0 Å². The maximum Gasteiger partial charge on any atom is 0.233 e. The zero-order valence-electron chi connectivity index (χ0n) is 16.7. The Balaban J connectivity index is 1.63. The van der Waals surface area contributed by atoms with Crippen molar-refractivity contribution in [3.05, 3.63) is 48.3 Å². The quantitative estimate of drug-likeness (QED) is 0.673. The molecule has 156 valence electrons. The second-order valence-electron chi connectivity index (χ2n) is 7.07. The van der Waals surface area contributed by atoms with E-state index in [0.717, 1.165) is 49.4 Å². The number of rotatable bonds is 6. The van der Waals surface area contributed by atoms with Gasteiger partial charge in [-0.3, -0.25) is 15.0 Å². The van der Waals surface area contributed by atoms with Gasteiger partial charge in [0.05, 0.1) is 24.1 Å². The van der Waals surface area contributed by atoms with Gasteiger partial charge in [-0.15, -0.1) is 0 Å². The van der Waals surface area contributed by atoms with Crippen LogP contribution in [-0.2, 0) is 9.53 Å². The number of carbonyl (C=O) groups is 1. The fourth-order valence-corrected chi connectivity index (χ4v) is 3.34. The van der Waals surface area contributed by atoms with Crippen LogP contribution in [0, 0.1) is 5.82 Å². The Morgan fingerprint density at radius 2 is 1.87 bits per heavy atom. The van der Waals surface area contributed by atoms with E-state index < -0.39 is 0 Å². The number of halogens is 1. The molecule has 1 aliphatic rings. The van der Waals surface area contributed by atoms with E-state index in [2.05, 4.69) is 20.2 Å². The van der Waals surface area contributed by atoms with Crippen LogP contribution in [0.1, 0.15) is 6.92 Å². The molecule has 2 aromatic carbocycles. The predicted octanol–water partition coefficient (Wildman–Crippen LogP) is 3.11. The highest BCUT2D eigenvalue weighted by atomic mass is 19.1. The number of nitrogens with one attached hydrogen (secondary N) is 1. The molecule has 3 aromatic rings. The summed E-state index contributed by atoms with van der Waals surface area (Å²) in [4.78, 5) is 22.6. The molecule has 0 unspecified atom stereocenters. The number of ether oxygens (including phenoxy) is 2. The summed E-state index contributed by atoms with van der Waals surface area (Å²) in [5.74, 6) is 0.0679. The summed E-state index contributed by atoms with van der Waals surface area (Å²) < 4.78 is 24.7. The van der Waals surface area contributed by atoms with Crippen LogP contribution in [0.5, 0.6) is 5.88 Å². The second-order valence-corrected chi connectivity index (χ2v) is 7.07. The number of anilines is 1. The first kappa shape index (κ1) is 20.2. The lowest BCUT2D eigenvalue weighted by Crippen LogP contribution is -2.38. The maximum atomic E-state index is 13.3. The fraction of sp³-hybridized carbons (Fsp3) is 0.318. The fourth-order valence-electron chi connectivity index (χ4n) is 3.34. The SMILES string of the molecule is CC(=O)Nc1nc(OCCN2CCOCC2)c2cc(-c3ccc(F)cc3)ccc2n1. The van der Waals surface area contributed by atoms with Crippen molar-refractivity contribution in [2.45, 2.75) is 6.92 Å². The summed E-state index contributed by atoms with van der Waals surface area (Å²) in [5.41, 5.74) is 2.43. The first-order valence-corrected chi connectivity index (χ1v) is 9.87. The van der Waals surface area contributed by atoms with Gasteiger partial charge in [0, 0.05) is 26.6 Å². The van der Waals surface area contributed by atoms with Crippen molar-refractivity contribution in [2.75, 3.05) is 44.8 Å². The average Bonchev–Trinajstić information content (AvgIpc) is 2.74. The first-order valence-electron chi connectivity index (χ1n) is 9.87. The molecule has 1 amide bonds. The van der Waals surface area contributed by atoms with Crippen LogP contribution in [0.15, 0.2) is 42.5 Å². The highest BCUT2D eigenvalue weighted by Crippen LogP contribution is 2.29. The van der Waals surface area contributed by atoms with Gasteiger partial charge in [-0.05, 0) is 35.4 Å². The molecule has 1 aromatic heterocycles. The van der Waals surface area contributed by atoms with Gasteiger partial charge in [0.25, 0.3) is 0 Å². The highest BCUT2D eigenvalue weighted by Gasteiger charge is 2.14. The minimum absolute atomic E-state index is 0.200. The Kier molecular flexibility index (Phi) is 6.15. The van der Waals surface area contributed by atoms with Crippen LogP contribution < -0.4 is 10.1 Å². The summed E-state index contributed by atoms with van der Waals surface area (Å²) in [6.07, 6.45) is 0. The number of hydrogen-bond acceptors (Lipinski definition) is 6. The number of nitrogens with zero attached hydrogens (tertiary/aromatic N) is 3. The molecule has 2 heterocycles. The van der Waals surface area contributed by atoms with Crippen LogP contribution in [0.3, 0.4) is 0 Å². The lowest BCUT2D eigenvalue weighted by Gasteiger charge is -2.26. The molecule has 0 radical (unpaired) electrons. The van der Waals surface area contributed by atoms with Crippen molar-refractivity contribution >= 4 is 22.8 Å². The summed E-state index contributed by atoms with van der Waals surface area (Å²) in [7, 11) is 0. The lowest BCUT2D eigenvalue weighted by atomic mass is 10.0. The van der Waals surface area contributed by atoms with Gasteiger partial charge in [0.15, 0.2) is 0 Å². The Hall–Kier alpha value is -3.10. The van der Waals surface area contributed by atoms with E-state index in [9.17, 15) is 9.18 Å². The number of benzene rings is 2. The molecule has 30 heavy (non-hydrogen) atoms. The Morgan fingerprint density at radius 3 is 2.60 bits per heavy atom. The smallest absolute Gasteiger partial charge is 0.233 e. The molecule has 8 heteroatoms. The van der Waals surface area contributed by atoms with Crippen molar-refractivity contribution in [1.29, 1.82) is 0 Å². The van der Waals surface area contributed by atoms with Crippen LogP contribution in [0.25, 0.3) is 22.0 Å². The normalized spacial score (nSPS) is 14.6. The van der Waals surface area contributed by atoms with Gasteiger partial charge in [0.1, 0.15) is 12.4 Å². The number of fused-ring (bicyclic) bond motifs is 1. The van der Waals surface area contributed by atoms with Gasteiger partial charge in [0.2, 0.25) is 17.7 Å². The molecule has 0 atom stereocenters.